The van der Waals surface area contributed by atoms with Crippen molar-refractivity contribution in [3.8, 4) is 0 Å². The maximum absolute atomic E-state index is 12.4. The molecule has 0 aliphatic rings. The van der Waals surface area contributed by atoms with E-state index in [9.17, 15) is 9.59 Å². The van der Waals surface area contributed by atoms with E-state index in [1.165, 1.54) is 9.78 Å². The first-order chi connectivity index (χ1) is 11.7. The Balaban J connectivity index is 1.92. The lowest BCUT2D eigenvalue weighted by Gasteiger charge is -2.22. The number of hydrogen-bond acceptors (Lipinski definition) is 4. The van der Waals surface area contributed by atoms with E-state index in [0.717, 1.165) is 12.0 Å². The molecule has 0 bridgehead atoms. The summed E-state index contributed by atoms with van der Waals surface area (Å²) in [6.07, 6.45) is 0.780. The summed E-state index contributed by atoms with van der Waals surface area (Å²) in [6, 6.07) is 13.4. The monoisotopic (exact) mass is 346 g/mol. The second-order valence-corrected chi connectivity index (χ2v) is 6.24. The van der Waals surface area contributed by atoms with Gasteiger partial charge in [-0.2, -0.15) is 0 Å². The molecule has 0 aliphatic carbocycles. The van der Waals surface area contributed by atoms with Crippen molar-refractivity contribution in [2.75, 3.05) is 19.7 Å². The molecule has 1 N–H and O–H groups in total. The standard InChI is InChI=1S/C18H22N2O3S/c1-2-23-17(21)14-20(13-15-7-4-3-5-8-15)18(22)19-11-10-16-9-6-12-24-16/h3-9,12H,2,10-11,13-14H2,1H3,(H,19,22). The molecule has 0 spiro atoms. The fourth-order valence-electron chi connectivity index (χ4n) is 2.23. The van der Waals surface area contributed by atoms with Crippen LogP contribution in [0.3, 0.4) is 0 Å². The van der Waals surface area contributed by atoms with Gasteiger partial charge in [0.25, 0.3) is 0 Å². The molecule has 0 atom stereocenters. The maximum Gasteiger partial charge on any atom is 0.325 e. The quantitative estimate of drug-likeness (QED) is 0.747. The van der Waals surface area contributed by atoms with Crippen LogP contribution in [0.4, 0.5) is 4.79 Å². The maximum atomic E-state index is 12.4. The molecule has 1 aromatic heterocycles. The Morgan fingerprint density at radius 1 is 1.17 bits per heavy atom. The van der Waals surface area contributed by atoms with Crippen LogP contribution in [0.1, 0.15) is 17.4 Å². The van der Waals surface area contributed by atoms with Gasteiger partial charge in [0.05, 0.1) is 6.61 Å². The first-order valence-corrected chi connectivity index (χ1v) is 8.81. The third-order valence-electron chi connectivity index (χ3n) is 3.36. The van der Waals surface area contributed by atoms with Crippen LogP contribution >= 0.6 is 11.3 Å². The number of amides is 2. The van der Waals surface area contributed by atoms with Crippen molar-refractivity contribution < 1.29 is 14.3 Å². The van der Waals surface area contributed by atoms with Crippen molar-refractivity contribution >= 4 is 23.3 Å². The summed E-state index contributed by atoms with van der Waals surface area (Å²) < 4.78 is 4.96. The van der Waals surface area contributed by atoms with Crippen LogP contribution in [-0.2, 0) is 22.5 Å². The van der Waals surface area contributed by atoms with Crippen LogP contribution in [-0.4, -0.2) is 36.6 Å². The van der Waals surface area contributed by atoms with Gasteiger partial charge in [0, 0.05) is 18.0 Å². The molecule has 128 valence electrons. The molecular formula is C18H22N2O3S. The highest BCUT2D eigenvalue weighted by Crippen LogP contribution is 2.09. The number of ether oxygens (including phenoxy) is 1. The lowest BCUT2D eigenvalue weighted by molar-refractivity contribution is -0.143. The molecule has 0 saturated heterocycles. The minimum atomic E-state index is -0.401. The molecule has 5 nitrogen and oxygen atoms in total. The van der Waals surface area contributed by atoms with Crippen LogP contribution < -0.4 is 5.32 Å². The molecule has 2 aromatic rings. The van der Waals surface area contributed by atoms with Crippen molar-refractivity contribution in [2.24, 2.45) is 0 Å². The highest BCUT2D eigenvalue weighted by molar-refractivity contribution is 7.09. The van der Waals surface area contributed by atoms with Gasteiger partial charge < -0.3 is 15.0 Å². The molecule has 6 heteroatoms. The summed E-state index contributed by atoms with van der Waals surface area (Å²) in [5, 5.41) is 4.89. The Morgan fingerprint density at radius 2 is 1.96 bits per heavy atom. The minimum Gasteiger partial charge on any atom is -0.465 e. The van der Waals surface area contributed by atoms with Gasteiger partial charge in [-0.25, -0.2) is 4.79 Å². The molecular weight excluding hydrogens is 324 g/mol. The number of carbonyl (C=O) groups is 2. The second-order valence-electron chi connectivity index (χ2n) is 5.21. The SMILES string of the molecule is CCOC(=O)CN(Cc1ccccc1)C(=O)NCCc1cccs1. The third-order valence-corrected chi connectivity index (χ3v) is 4.29. The number of esters is 1. The molecule has 2 rings (SSSR count). The van der Waals surface area contributed by atoms with Crippen LogP contribution in [0.15, 0.2) is 47.8 Å². The molecule has 1 heterocycles. The van der Waals surface area contributed by atoms with Crippen molar-refractivity contribution in [1.82, 2.24) is 10.2 Å². The van der Waals surface area contributed by atoms with Gasteiger partial charge in [0.2, 0.25) is 0 Å². The Bertz CT molecular complexity index is 629. The zero-order chi connectivity index (χ0) is 17.2. The van der Waals surface area contributed by atoms with Crippen LogP contribution in [0.2, 0.25) is 0 Å². The Kier molecular flexibility index (Phi) is 7.29. The molecule has 24 heavy (non-hydrogen) atoms. The van der Waals surface area contributed by atoms with E-state index in [4.69, 9.17) is 4.74 Å². The predicted octanol–water partition coefficient (Wildman–Crippen LogP) is 3.07. The van der Waals surface area contributed by atoms with Gasteiger partial charge in [0.1, 0.15) is 6.54 Å². The Morgan fingerprint density at radius 3 is 2.62 bits per heavy atom. The summed E-state index contributed by atoms with van der Waals surface area (Å²) in [6.45, 7) is 2.89. The zero-order valence-electron chi connectivity index (χ0n) is 13.7. The molecule has 1 aromatic carbocycles. The zero-order valence-corrected chi connectivity index (χ0v) is 14.6. The number of rotatable bonds is 8. The lowest BCUT2D eigenvalue weighted by Crippen LogP contribution is -2.43. The van der Waals surface area contributed by atoms with Crippen LogP contribution in [0.5, 0.6) is 0 Å². The molecule has 2 amide bonds. The number of hydrogen-bond donors (Lipinski definition) is 1. The summed E-state index contributed by atoms with van der Waals surface area (Å²) in [7, 11) is 0. The predicted molar refractivity (Wildman–Crippen MR) is 94.9 cm³/mol. The largest absolute Gasteiger partial charge is 0.465 e. The average molecular weight is 346 g/mol. The summed E-state index contributed by atoms with van der Waals surface area (Å²) in [5.74, 6) is -0.401. The van der Waals surface area contributed by atoms with E-state index < -0.39 is 5.97 Å². The fourth-order valence-corrected chi connectivity index (χ4v) is 2.93. The van der Waals surface area contributed by atoms with E-state index in [-0.39, 0.29) is 12.6 Å². The van der Waals surface area contributed by atoms with Gasteiger partial charge >= 0.3 is 12.0 Å². The highest BCUT2D eigenvalue weighted by atomic mass is 32.1. The van der Waals surface area contributed by atoms with Gasteiger partial charge in [-0.3, -0.25) is 4.79 Å². The van der Waals surface area contributed by atoms with Crippen molar-refractivity contribution in [2.45, 2.75) is 19.9 Å². The van der Waals surface area contributed by atoms with E-state index in [2.05, 4.69) is 5.32 Å². The molecule has 0 fully saturated rings. The number of benzene rings is 1. The van der Waals surface area contributed by atoms with Crippen LogP contribution in [0, 0.1) is 0 Å². The second kappa shape index (κ2) is 9.72. The molecule has 0 aliphatic heterocycles. The van der Waals surface area contributed by atoms with E-state index in [0.29, 0.717) is 19.7 Å². The van der Waals surface area contributed by atoms with Gasteiger partial charge in [-0.15, -0.1) is 11.3 Å². The summed E-state index contributed by atoms with van der Waals surface area (Å²) in [5.41, 5.74) is 0.968. The lowest BCUT2D eigenvalue weighted by atomic mass is 10.2. The highest BCUT2D eigenvalue weighted by Gasteiger charge is 2.18. The smallest absolute Gasteiger partial charge is 0.325 e. The van der Waals surface area contributed by atoms with E-state index in [1.807, 2.05) is 47.8 Å². The van der Waals surface area contributed by atoms with Crippen molar-refractivity contribution in [3.05, 3.63) is 58.3 Å². The van der Waals surface area contributed by atoms with E-state index >= 15 is 0 Å². The summed E-state index contributed by atoms with van der Waals surface area (Å²) in [4.78, 5) is 26.9. The molecule has 0 saturated carbocycles. The first kappa shape index (κ1) is 18.0. The Labute approximate surface area is 146 Å². The summed E-state index contributed by atoms with van der Waals surface area (Å²) >= 11 is 1.66. The number of carbonyl (C=O) groups excluding carboxylic acids is 2. The Hall–Kier alpha value is -2.34. The van der Waals surface area contributed by atoms with Gasteiger partial charge in [-0.05, 0) is 30.4 Å². The fraction of sp³-hybridized carbons (Fsp3) is 0.333. The third kappa shape index (κ3) is 6.04. The van der Waals surface area contributed by atoms with Gasteiger partial charge in [0.15, 0.2) is 0 Å². The normalized spacial score (nSPS) is 10.2. The average Bonchev–Trinajstić information content (AvgIpc) is 3.09. The minimum absolute atomic E-state index is 0.0619. The van der Waals surface area contributed by atoms with Crippen molar-refractivity contribution in [3.63, 3.8) is 0 Å². The number of nitrogens with one attached hydrogen (secondary N) is 1. The van der Waals surface area contributed by atoms with E-state index in [1.54, 1.807) is 18.3 Å². The number of thiophene rings is 1. The van der Waals surface area contributed by atoms with Crippen molar-refractivity contribution in [1.29, 1.82) is 0 Å². The van der Waals surface area contributed by atoms with Gasteiger partial charge in [-0.1, -0.05) is 36.4 Å². The molecule has 0 radical (unpaired) electrons. The van der Waals surface area contributed by atoms with Crippen LogP contribution in [0.25, 0.3) is 0 Å². The molecule has 0 unspecified atom stereocenters. The topological polar surface area (TPSA) is 58.6 Å². The first-order valence-electron chi connectivity index (χ1n) is 7.93. The number of nitrogens with zero attached hydrogens (tertiary/aromatic N) is 1. The number of urea groups is 1.